The zero-order valence-electron chi connectivity index (χ0n) is 12.9. The molecule has 2 N–H and O–H groups in total. The number of ether oxygens (including phenoxy) is 1. The summed E-state index contributed by atoms with van der Waals surface area (Å²) in [6.45, 7) is 4.04. The van der Waals surface area contributed by atoms with Crippen LogP contribution in [-0.2, 0) is 6.54 Å². The number of benzene rings is 2. The van der Waals surface area contributed by atoms with E-state index in [9.17, 15) is 0 Å². The molecule has 0 amide bonds. The zero-order chi connectivity index (χ0) is 15.1. The summed E-state index contributed by atoms with van der Waals surface area (Å²) in [6.07, 6.45) is 2.34. The molecule has 0 radical (unpaired) electrons. The molecule has 0 aliphatic heterocycles. The molecule has 0 aliphatic rings. The number of para-hydroxylation sites is 1. The van der Waals surface area contributed by atoms with Crippen molar-refractivity contribution in [1.82, 2.24) is 0 Å². The van der Waals surface area contributed by atoms with Gasteiger partial charge in [0.15, 0.2) is 0 Å². The molecule has 2 aromatic carbocycles. The smallest absolute Gasteiger partial charge is 0.123 e. The fourth-order valence-corrected chi connectivity index (χ4v) is 2.41. The Hall–Kier alpha value is -2.16. The quantitative estimate of drug-likeness (QED) is 0.778. The monoisotopic (exact) mass is 284 g/mol. The summed E-state index contributed by atoms with van der Waals surface area (Å²) in [4.78, 5) is 2.38. The molecule has 2 rings (SSSR count). The first-order chi connectivity index (χ1) is 10.2. The molecule has 0 bridgehead atoms. The van der Waals surface area contributed by atoms with Gasteiger partial charge in [-0.2, -0.15) is 0 Å². The first-order valence-corrected chi connectivity index (χ1v) is 7.47. The van der Waals surface area contributed by atoms with E-state index < -0.39 is 0 Å². The molecule has 0 aromatic heterocycles. The third-order valence-corrected chi connectivity index (χ3v) is 3.57. The second kappa shape index (κ2) is 7.58. The van der Waals surface area contributed by atoms with Crippen LogP contribution in [0.4, 0.5) is 11.4 Å². The Labute approximate surface area is 127 Å². The van der Waals surface area contributed by atoms with Crippen molar-refractivity contribution in [3.05, 3.63) is 54.1 Å². The summed E-state index contributed by atoms with van der Waals surface area (Å²) in [7, 11) is 1.70. The molecule has 0 aliphatic carbocycles. The van der Waals surface area contributed by atoms with E-state index in [1.165, 1.54) is 18.5 Å². The van der Waals surface area contributed by atoms with Gasteiger partial charge in [0.25, 0.3) is 0 Å². The molecule has 2 aromatic rings. The Bertz CT molecular complexity index is 554. The number of anilines is 2. The van der Waals surface area contributed by atoms with E-state index in [2.05, 4.69) is 36.1 Å². The molecule has 3 nitrogen and oxygen atoms in total. The van der Waals surface area contributed by atoms with E-state index in [0.717, 1.165) is 30.1 Å². The summed E-state index contributed by atoms with van der Waals surface area (Å²) in [5, 5.41) is 0. The average Bonchev–Trinajstić information content (AvgIpc) is 2.52. The van der Waals surface area contributed by atoms with Gasteiger partial charge in [-0.15, -0.1) is 0 Å². The molecular formula is C18H24N2O. The summed E-state index contributed by atoms with van der Waals surface area (Å²) in [5.74, 6) is 0.890. The summed E-state index contributed by atoms with van der Waals surface area (Å²) in [6, 6.07) is 16.3. The lowest BCUT2D eigenvalue weighted by atomic mass is 10.1. The van der Waals surface area contributed by atoms with Crippen molar-refractivity contribution in [2.45, 2.75) is 26.3 Å². The second-order valence-electron chi connectivity index (χ2n) is 5.18. The number of hydrogen-bond acceptors (Lipinski definition) is 3. The van der Waals surface area contributed by atoms with Gasteiger partial charge in [-0.3, -0.25) is 0 Å². The maximum absolute atomic E-state index is 5.92. The van der Waals surface area contributed by atoms with Gasteiger partial charge in [-0.25, -0.2) is 0 Å². The van der Waals surface area contributed by atoms with Crippen molar-refractivity contribution >= 4 is 11.4 Å². The van der Waals surface area contributed by atoms with Crippen LogP contribution in [0.3, 0.4) is 0 Å². The van der Waals surface area contributed by atoms with Crippen molar-refractivity contribution in [1.29, 1.82) is 0 Å². The Balaban J connectivity index is 2.24. The van der Waals surface area contributed by atoms with Crippen molar-refractivity contribution in [2.75, 3.05) is 24.3 Å². The van der Waals surface area contributed by atoms with E-state index in [4.69, 9.17) is 10.5 Å². The van der Waals surface area contributed by atoms with Crippen molar-refractivity contribution in [2.24, 2.45) is 0 Å². The van der Waals surface area contributed by atoms with Gasteiger partial charge in [-0.1, -0.05) is 31.5 Å². The predicted octanol–water partition coefficient (Wildman–Crippen LogP) is 4.08. The van der Waals surface area contributed by atoms with Crippen LogP contribution < -0.4 is 15.4 Å². The lowest BCUT2D eigenvalue weighted by Crippen LogP contribution is -2.24. The number of nitrogen functional groups attached to an aromatic ring is 1. The molecule has 0 atom stereocenters. The van der Waals surface area contributed by atoms with Crippen molar-refractivity contribution < 1.29 is 4.74 Å². The summed E-state index contributed by atoms with van der Waals surface area (Å²) < 4.78 is 5.46. The average molecular weight is 284 g/mol. The number of rotatable bonds is 7. The maximum atomic E-state index is 5.92. The fraction of sp³-hybridized carbons (Fsp3) is 0.333. The number of nitrogens with two attached hydrogens (primary N) is 1. The number of hydrogen-bond donors (Lipinski definition) is 1. The third kappa shape index (κ3) is 4.15. The second-order valence-corrected chi connectivity index (χ2v) is 5.18. The van der Waals surface area contributed by atoms with Crippen LogP contribution in [0.25, 0.3) is 0 Å². The Morgan fingerprint density at radius 3 is 2.52 bits per heavy atom. The Kier molecular flexibility index (Phi) is 5.50. The molecule has 0 heterocycles. The minimum Gasteiger partial charge on any atom is -0.496 e. The zero-order valence-corrected chi connectivity index (χ0v) is 12.9. The fourth-order valence-electron chi connectivity index (χ4n) is 2.41. The van der Waals surface area contributed by atoms with Gasteiger partial charge in [0, 0.05) is 30.0 Å². The number of nitrogens with zero attached hydrogens (tertiary/aromatic N) is 1. The number of methoxy groups -OCH3 is 1. The lowest BCUT2D eigenvalue weighted by molar-refractivity contribution is 0.409. The van der Waals surface area contributed by atoms with E-state index in [1.807, 2.05) is 24.3 Å². The van der Waals surface area contributed by atoms with E-state index in [-0.39, 0.29) is 0 Å². The highest BCUT2D eigenvalue weighted by atomic mass is 16.5. The van der Waals surface area contributed by atoms with Gasteiger partial charge in [-0.05, 0) is 36.8 Å². The van der Waals surface area contributed by atoms with Gasteiger partial charge in [0.1, 0.15) is 5.75 Å². The molecule has 0 saturated carbocycles. The molecule has 0 unspecified atom stereocenters. The summed E-state index contributed by atoms with van der Waals surface area (Å²) >= 11 is 0. The Morgan fingerprint density at radius 1 is 1.10 bits per heavy atom. The normalized spacial score (nSPS) is 10.4. The molecule has 112 valence electrons. The highest BCUT2D eigenvalue weighted by Crippen LogP contribution is 2.25. The largest absolute Gasteiger partial charge is 0.496 e. The van der Waals surface area contributed by atoms with Crippen molar-refractivity contribution in [3.63, 3.8) is 0 Å². The van der Waals surface area contributed by atoms with Gasteiger partial charge in [0.2, 0.25) is 0 Å². The minimum atomic E-state index is 0.773. The van der Waals surface area contributed by atoms with Gasteiger partial charge < -0.3 is 15.4 Å². The third-order valence-electron chi connectivity index (χ3n) is 3.57. The van der Waals surface area contributed by atoms with Crippen LogP contribution in [0.15, 0.2) is 48.5 Å². The van der Waals surface area contributed by atoms with Crippen LogP contribution in [0.5, 0.6) is 5.75 Å². The molecular weight excluding hydrogens is 260 g/mol. The Morgan fingerprint density at radius 2 is 1.86 bits per heavy atom. The highest BCUT2D eigenvalue weighted by molar-refractivity contribution is 5.52. The standard InChI is InChI=1S/C18H24N2O/c1-3-4-12-20(17-8-6-5-7-9-17)14-15-13-16(19)10-11-18(15)21-2/h5-11,13H,3-4,12,14,19H2,1-2H3. The van der Waals surface area contributed by atoms with Gasteiger partial charge >= 0.3 is 0 Å². The van der Waals surface area contributed by atoms with Crippen LogP contribution in [-0.4, -0.2) is 13.7 Å². The maximum Gasteiger partial charge on any atom is 0.123 e. The minimum absolute atomic E-state index is 0.773. The van der Waals surface area contributed by atoms with Crippen LogP contribution in [0.2, 0.25) is 0 Å². The molecule has 0 saturated heterocycles. The molecule has 21 heavy (non-hydrogen) atoms. The number of unbranched alkanes of at least 4 members (excludes halogenated alkanes) is 1. The van der Waals surface area contributed by atoms with Crippen molar-refractivity contribution in [3.8, 4) is 5.75 Å². The molecule has 0 fully saturated rings. The first-order valence-electron chi connectivity index (χ1n) is 7.47. The highest BCUT2D eigenvalue weighted by Gasteiger charge is 2.10. The van der Waals surface area contributed by atoms with Gasteiger partial charge in [0.05, 0.1) is 7.11 Å². The lowest BCUT2D eigenvalue weighted by Gasteiger charge is -2.26. The summed E-state index contributed by atoms with van der Waals surface area (Å²) in [5.41, 5.74) is 9.05. The van der Waals surface area contributed by atoms with Crippen LogP contribution in [0, 0.1) is 0 Å². The first kappa shape index (κ1) is 15.2. The van der Waals surface area contributed by atoms with Crippen LogP contribution in [0.1, 0.15) is 25.3 Å². The predicted molar refractivity (Wildman–Crippen MR) is 89.8 cm³/mol. The molecule has 3 heteroatoms. The van der Waals surface area contributed by atoms with E-state index in [0.29, 0.717) is 0 Å². The SMILES string of the molecule is CCCCN(Cc1cc(N)ccc1OC)c1ccccc1. The topological polar surface area (TPSA) is 38.5 Å². The van der Waals surface area contributed by atoms with E-state index in [1.54, 1.807) is 7.11 Å². The van der Waals surface area contributed by atoms with E-state index >= 15 is 0 Å². The van der Waals surface area contributed by atoms with Crippen LogP contribution >= 0.6 is 0 Å². The molecule has 0 spiro atoms.